The number of ether oxygens (including phenoxy) is 2. The molecule has 2 amide bonds. The van der Waals surface area contributed by atoms with Crippen molar-refractivity contribution in [2.45, 2.75) is 39.5 Å². The number of aryl methyl sites for hydroxylation is 1. The summed E-state index contributed by atoms with van der Waals surface area (Å²) < 4.78 is 11.2. The molecule has 6 nitrogen and oxygen atoms in total. The van der Waals surface area contributed by atoms with Crippen LogP contribution < -0.4 is 9.47 Å². The fourth-order valence-electron chi connectivity index (χ4n) is 3.45. The van der Waals surface area contributed by atoms with E-state index >= 15 is 0 Å². The van der Waals surface area contributed by atoms with Gasteiger partial charge in [0.25, 0.3) is 5.91 Å². The van der Waals surface area contributed by atoms with E-state index in [1.54, 1.807) is 6.07 Å². The highest BCUT2D eigenvalue weighted by Gasteiger charge is 2.25. The van der Waals surface area contributed by atoms with Crippen LogP contribution in [0.1, 0.15) is 48.5 Å². The maximum Gasteiger partial charge on any atom is 0.254 e. The minimum atomic E-state index is 0.00216. The van der Waals surface area contributed by atoms with Gasteiger partial charge in [-0.1, -0.05) is 13.3 Å². The molecule has 2 aliphatic heterocycles. The first-order valence-corrected chi connectivity index (χ1v) is 9.57. The predicted octanol–water partition coefficient (Wildman–Crippen LogP) is 2.63. The second kappa shape index (κ2) is 8.43. The van der Waals surface area contributed by atoms with Crippen LogP contribution in [0.2, 0.25) is 0 Å². The maximum atomic E-state index is 13.0. The van der Waals surface area contributed by atoms with Crippen LogP contribution in [0.4, 0.5) is 0 Å². The van der Waals surface area contributed by atoms with Crippen molar-refractivity contribution >= 4 is 11.8 Å². The summed E-state index contributed by atoms with van der Waals surface area (Å²) >= 11 is 0. The number of nitrogens with zero attached hydrogens (tertiary/aromatic N) is 2. The van der Waals surface area contributed by atoms with Gasteiger partial charge in [0.05, 0.1) is 0 Å². The van der Waals surface area contributed by atoms with Crippen LogP contribution in [-0.4, -0.2) is 61.0 Å². The van der Waals surface area contributed by atoms with Crippen LogP contribution in [-0.2, 0) is 4.79 Å². The Morgan fingerprint density at radius 2 is 1.65 bits per heavy atom. The smallest absolute Gasteiger partial charge is 0.254 e. The molecule has 0 bridgehead atoms. The summed E-state index contributed by atoms with van der Waals surface area (Å²) in [6.45, 7) is 7.63. The van der Waals surface area contributed by atoms with Gasteiger partial charge in [-0.2, -0.15) is 0 Å². The maximum absolute atomic E-state index is 13.0. The summed E-state index contributed by atoms with van der Waals surface area (Å²) in [4.78, 5) is 29.1. The summed E-state index contributed by atoms with van der Waals surface area (Å²) in [6, 6.07) is 3.67. The number of hydrogen-bond donors (Lipinski definition) is 0. The average Bonchev–Trinajstić information content (AvgIpc) is 2.91. The lowest BCUT2D eigenvalue weighted by molar-refractivity contribution is -0.131. The fourth-order valence-corrected chi connectivity index (χ4v) is 3.45. The Morgan fingerprint density at radius 1 is 1.00 bits per heavy atom. The van der Waals surface area contributed by atoms with Crippen molar-refractivity contribution in [3.8, 4) is 11.5 Å². The Balaban J connectivity index is 1.68. The first-order chi connectivity index (χ1) is 12.6. The molecule has 1 fully saturated rings. The minimum Gasteiger partial charge on any atom is -0.486 e. The summed E-state index contributed by atoms with van der Waals surface area (Å²) in [7, 11) is 0. The number of unbranched alkanes of at least 4 members (excludes halogenated alkanes) is 1. The fraction of sp³-hybridized carbons (Fsp3) is 0.600. The van der Waals surface area contributed by atoms with Crippen LogP contribution in [0.25, 0.3) is 0 Å². The molecule has 142 valence electrons. The van der Waals surface area contributed by atoms with Gasteiger partial charge in [-0.15, -0.1) is 0 Å². The quantitative estimate of drug-likeness (QED) is 0.828. The Hall–Kier alpha value is -2.24. The molecule has 1 aromatic carbocycles. The summed E-state index contributed by atoms with van der Waals surface area (Å²) in [5.41, 5.74) is 1.54. The Kier molecular flexibility index (Phi) is 6.01. The molecule has 0 unspecified atom stereocenters. The Morgan fingerprint density at radius 3 is 2.38 bits per heavy atom. The van der Waals surface area contributed by atoms with E-state index in [0.29, 0.717) is 56.3 Å². The summed E-state index contributed by atoms with van der Waals surface area (Å²) in [6.07, 6.45) is 3.36. The molecule has 2 aliphatic rings. The molecule has 0 aliphatic carbocycles. The molecule has 1 aromatic rings. The first-order valence-electron chi connectivity index (χ1n) is 9.57. The average molecular weight is 360 g/mol. The second-order valence-electron chi connectivity index (χ2n) is 6.94. The number of amides is 2. The molecule has 0 radical (unpaired) electrons. The summed E-state index contributed by atoms with van der Waals surface area (Å²) in [5.74, 6) is 1.55. The molecule has 0 spiro atoms. The van der Waals surface area contributed by atoms with E-state index < -0.39 is 0 Å². The molecule has 26 heavy (non-hydrogen) atoms. The number of rotatable bonds is 4. The predicted molar refractivity (Wildman–Crippen MR) is 98.8 cm³/mol. The van der Waals surface area contributed by atoms with Crippen molar-refractivity contribution in [3.05, 3.63) is 23.3 Å². The Labute approximate surface area is 155 Å². The molecule has 0 aromatic heterocycles. The molecular formula is C20H28N2O4. The van der Waals surface area contributed by atoms with Crippen molar-refractivity contribution < 1.29 is 19.1 Å². The SMILES string of the molecule is CCCCC(=O)N1CCCN(C(=O)c2cc3c(cc2C)OCCO3)CC1. The van der Waals surface area contributed by atoms with Crippen LogP contribution in [0.15, 0.2) is 12.1 Å². The number of fused-ring (bicyclic) bond motifs is 1. The molecule has 3 rings (SSSR count). The molecule has 0 N–H and O–H groups in total. The van der Waals surface area contributed by atoms with E-state index in [0.717, 1.165) is 31.4 Å². The number of carbonyl (C=O) groups excluding carboxylic acids is 2. The van der Waals surface area contributed by atoms with Crippen LogP contribution in [0.3, 0.4) is 0 Å². The van der Waals surface area contributed by atoms with Gasteiger partial charge < -0.3 is 19.3 Å². The van der Waals surface area contributed by atoms with Crippen LogP contribution in [0.5, 0.6) is 11.5 Å². The normalized spacial score (nSPS) is 17.0. The van der Waals surface area contributed by atoms with E-state index in [9.17, 15) is 9.59 Å². The highest BCUT2D eigenvalue weighted by atomic mass is 16.6. The third-order valence-electron chi connectivity index (χ3n) is 5.00. The largest absolute Gasteiger partial charge is 0.486 e. The van der Waals surface area contributed by atoms with Gasteiger partial charge in [0.15, 0.2) is 11.5 Å². The van der Waals surface area contributed by atoms with Gasteiger partial charge in [0.2, 0.25) is 5.91 Å². The molecule has 0 atom stereocenters. The van der Waals surface area contributed by atoms with Crippen LogP contribution >= 0.6 is 0 Å². The number of benzene rings is 1. The summed E-state index contributed by atoms with van der Waals surface area (Å²) in [5, 5.41) is 0. The number of carbonyl (C=O) groups is 2. The van der Waals surface area contributed by atoms with E-state index in [-0.39, 0.29) is 11.8 Å². The lowest BCUT2D eigenvalue weighted by Crippen LogP contribution is -2.37. The van der Waals surface area contributed by atoms with E-state index in [1.165, 1.54) is 0 Å². The number of hydrogen-bond acceptors (Lipinski definition) is 4. The minimum absolute atomic E-state index is 0.00216. The standard InChI is InChI=1S/C20H28N2O4/c1-3-4-6-19(23)21-7-5-8-22(10-9-21)20(24)16-14-18-17(13-15(16)2)25-11-12-26-18/h13-14H,3-12H2,1-2H3. The van der Waals surface area contributed by atoms with Gasteiger partial charge in [-0.3, -0.25) is 9.59 Å². The van der Waals surface area contributed by atoms with E-state index in [2.05, 4.69) is 6.92 Å². The van der Waals surface area contributed by atoms with Crippen molar-refractivity contribution in [3.63, 3.8) is 0 Å². The van der Waals surface area contributed by atoms with Crippen molar-refractivity contribution in [2.24, 2.45) is 0 Å². The topological polar surface area (TPSA) is 59.1 Å². The molecule has 0 saturated carbocycles. The third kappa shape index (κ3) is 4.11. The highest BCUT2D eigenvalue weighted by Crippen LogP contribution is 2.33. The Bertz CT molecular complexity index is 674. The molecule has 1 saturated heterocycles. The van der Waals surface area contributed by atoms with Crippen molar-refractivity contribution in [2.75, 3.05) is 39.4 Å². The molecular weight excluding hydrogens is 332 g/mol. The van der Waals surface area contributed by atoms with Gasteiger partial charge >= 0.3 is 0 Å². The highest BCUT2D eigenvalue weighted by molar-refractivity contribution is 5.96. The van der Waals surface area contributed by atoms with Crippen LogP contribution in [0, 0.1) is 6.92 Å². The monoisotopic (exact) mass is 360 g/mol. The molecule has 2 heterocycles. The zero-order chi connectivity index (χ0) is 18.5. The first kappa shape index (κ1) is 18.5. The van der Waals surface area contributed by atoms with Crippen molar-refractivity contribution in [1.29, 1.82) is 0 Å². The van der Waals surface area contributed by atoms with E-state index in [1.807, 2.05) is 22.8 Å². The van der Waals surface area contributed by atoms with E-state index in [4.69, 9.17) is 9.47 Å². The van der Waals surface area contributed by atoms with Gasteiger partial charge in [0.1, 0.15) is 13.2 Å². The lowest BCUT2D eigenvalue weighted by Gasteiger charge is -2.24. The van der Waals surface area contributed by atoms with Gasteiger partial charge in [0, 0.05) is 38.2 Å². The second-order valence-corrected chi connectivity index (χ2v) is 6.94. The zero-order valence-corrected chi connectivity index (χ0v) is 15.8. The van der Waals surface area contributed by atoms with Gasteiger partial charge in [-0.25, -0.2) is 0 Å². The van der Waals surface area contributed by atoms with Gasteiger partial charge in [-0.05, 0) is 37.5 Å². The third-order valence-corrected chi connectivity index (χ3v) is 5.00. The lowest BCUT2D eigenvalue weighted by atomic mass is 10.1. The zero-order valence-electron chi connectivity index (χ0n) is 15.8. The molecule has 6 heteroatoms. The van der Waals surface area contributed by atoms with Crippen molar-refractivity contribution in [1.82, 2.24) is 9.80 Å².